The summed E-state index contributed by atoms with van der Waals surface area (Å²) < 4.78 is 0. The first-order valence-corrected chi connectivity index (χ1v) is 5.70. The summed E-state index contributed by atoms with van der Waals surface area (Å²) in [4.78, 5) is 11.9. The van der Waals surface area contributed by atoms with Crippen LogP contribution in [0.15, 0.2) is 60.7 Å². The van der Waals surface area contributed by atoms with Crippen LogP contribution in [0.5, 0.6) is 0 Å². The lowest BCUT2D eigenvalue weighted by atomic mass is 9.97. The number of rotatable bonds is 4. The number of carbonyl (C=O) groups excluding carboxylic acids is 1. The molecule has 0 spiro atoms. The fourth-order valence-corrected chi connectivity index (χ4v) is 1.75. The molecule has 92 valence electrons. The lowest BCUT2D eigenvalue weighted by Gasteiger charge is -2.17. The predicted molar refractivity (Wildman–Crippen MR) is 68.2 cm³/mol. The van der Waals surface area contributed by atoms with Gasteiger partial charge in [0.05, 0.1) is 0 Å². The number of Topliss-reactive ketones (excluding diaryl/α,β-unsaturated/α-hetero) is 1. The molecule has 0 aliphatic heterocycles. The lowest BCUT2D eigenvalue weighted by molar-refractivity contribution is 0.0204. The van der Waals surface area contributed by atoms with E-state index in [-0.39, 0.29) is 0 Å². The summed E-state index contributed by atoms with van der Waals surface area (Å²) in [7, 11) is 0. The third-order valence-electron chi connectivity index (χ3n) is 2.77. The Morgan fingerprint density at radius 2 is 1.33 bits per heavy atom. The van der Waals surface area contributed by atoms with Crippen molar-refractivity contribution in [1.82, 2.24) is 0 Å². The summed E-state index contributed by atoms with van der Waals surface area (Å²) in [5.74, 6) is -0.480. The molecule has 0 saturated heterocycles. The Kier molecular flexibility index (Phi) is 3.87. The van der Waals surface area contributed by atoms with Gasteiger partial charge in [-0.15, -0.1) is 0 Å². The zero-order valence-corrected chi connectivity index (χ0v) is 9.73. The minimum Gasteiger partial charge on any atom is -0.385 e. The van der Waals surface area contributed by atoms with Crippen LogP contribution < -0.4 is 0 Å². The topological polar surface area (TPSA) is 57.5 Å². The van der Waals surface area contributed by atoms with Crippen molar-refractivity contribution in [1.29, 1.82) is 0 Å². The second kappa shape index (κ2) is 5.58. The predicted octanol–water partition coefficient (Wildman–Crippen LogP) is 1.96. The van der Waals surface area contributed by atoms with Gasteiger partial charge in [0.25, 0.3) is 0 Å². The van der Waals surface area contributed by atoms with E-state index >= 15 is 0 Å². The number of carbonyl (C=O) groups is 1. The third kappa shape index (κ3) is 2.64. The van der Waals surface area contributed by atoms with Crippen molar-refractivity contribution in [3.63, 3.8) is 0 Å². The second-order valence-electron chi connectivity index (χ2n) is 4.03. The van der Waals surface area contributed by atoms with Crippen LogP contribution in [0, 0.1) is 0 Å². The van der Waals surface area contributed by atoms with Crippen LogP contribution >= 0.6 is 0 Å². The molecule has 0 fully saturated rings. The van der Waals surface area contributed by atoms with Crippen molar-refractivity contribution in [2.75, 3.05) is 0 Å². The Morgan fingerprint density at radius 1 is 0.833 bits per heavy atom. The molecule has 2 N–H and O–H groups in total. The summed E-state index contributed by atoms with van der Waals surface area (Å²) in [5.41, 5.74) is 0.911. The van der Waals surface area contributed by atoms with Gasteiger partial charge >= 0.3 is 0 Å². The fraction of sp³-hybridized carbons (Fsp3) is 0.133. The average molecular weight is 242 g/mol. The van der Waals surface area contributed by atoms with Gasteiger partial charge in [-0.3, -0.25) is 4.79 Å². The van der Waals surface area contributed by atoms with Crippen molar-refractivity contribution in [2.24, 2.45) is 0 Å². The largest absolute Gasteiger partial charge is 0.385 e. The fourth-order valence-electron chi connectivity index (χ4n) is 1.75. The van der Waals surface area contributed by atoms with Crippen LogP contribution in [-0.2, 0) is 0 Å². The van der Waals surface area contributed by atoms with Crippen LogP contribution in [0.25, 0.3) is 0 Å². The van der Waals surface area contributed by atoms with Gasteiger partial charge in [-0.05, 0) is 5.56 Å². The van der Waals surface area contributed by atoms with Crippen LogP contribution in [0.4, 0.5) is 0 Å². The van der Waals surface area contributed by atoms with Gasteiger partial charge in [0.15, 0.2) is 5.78 Å². The first-order chi connectivity index (χ1) is 8.70. The highest BCUT2D eigenvalue weighted by atomic mass is 16.3. The van der Waals surface area contributed by atoms with Gasteiger partial charge in [-0.1, -0.05) is 60.7 Å². The monoisotopic (exact) mass is 242 g/mol. The molecule has 3 nitrogen and oxygen atoms in total. The van der Waals surface area contributed by atoms with Crippen molar-refractivity contribution in [2.45, 2.75) is 12.2 Å². The number of benzene rings is 2. The summed E-state index contributed by atoms with van der Waals surface area (Å²) >= 11 is 0. The maximum Gasteiger partial charge on any atom is 0.194 e. The molecule has 18 heavy (non-hydrogen) atoms. The van der Waals surface area contributed by atoms with Gasteiger partial charge in [-0.25, -0.2) is 0 Å². The molecule has 0 heterocycles. The van der Waals surface area contributed by atoms with E-state index < -0.39 is 18.0 Å². The molecule has 0 radical (unpaired) electrons. The first-order valence-electron chi connectivity index (χ1n) is 5.70. The first kappa shape index (κ1) is 12.5. The minimum atomic E-state index is -1.45. The van der Waals surface area contributed by atoms with E-state index in [2.05, 4.69) is 0 Å². The van der Waals surface area contributed by atoms with Crippen LogP contribution in [-0.4, -0.2) is 22.1 Å². The van der Waals surface area contributed by atoms with E-state index in [1.807, 2.05) is 6.07 Å². The molecular formula is C15H14O3. The lowest BCUT2D eigenvalue weighted by Crippen LogP contribution is -2.28. The highest BCUT2D eigenvalue weighted by Crippen LogP contribution is 2.19. The van der Waals surface area contributed by atoms with Gasteiger partial charge in [-0.2, -0.15) is 0 Å². The maximum atomic E-state index is 11.9. The Morgan fingerprint density at radius 3 is 1.89 bits per heavy atom. The molecule has 0 aliphatic rings. The molecule has 0 unspecified atom stereocenters. The molecule has 2 aromatic rings. The van der Waals surface area contributed by atoms with Crippen molar-refractivity contribution in [3.8, 4) is 0 Å². The molecular weight excluding hydrogens is 228 g/mol. The number of ketones is 1. The van der Waals surface area contributed by atoms with Crippen LogP contribution in [0.2, 0.25) is 0 Å². The summed E-state index contributed by atoms with van der Waals surface area (Å²) in [6.07, 6.45) is -2.66. The Hall–Kier alpha value is -1.97. The van der Waals surface area contributed by atoms with Gasteiger partial charge < -0.3 is 10.2 Å². The number of hydrogen-bond acceptors (Lipinski definition) is 3. The summed E-state index contributed by atoms with van der Waals surface area (Å²) in [5, 5.41) is 19.8. The molecule has 0 aromatic heterocycles. The van der Waals surface area contributed by atoms with Crippen molar-refractivity contribution in [3.05, 3.63) is 71.8 Å². The Labute approximate surface area is 105 Å². The van der Waals surface area contributed by atoms with Crippen molar-refractivity contribution < 1.29 is 15.0 Å². The number of aliphatic hydroxyl groups excluding tert-OH is 2. The van der Waals surface area contributed by atoms with Crippen molar-refractivity contribution >= 4 is 5.78 Å². The number of hydrogen-bond donors (Lipinski definition) is 2. The summed E-state index contributed by atoms with van der Waals surface area (Å²) in [6, 6.07) is 17.1. The van der Waals surface area contributed by atoms with E-state index in [1.165, 1.54) is 0 Å². The average Bonchev–Trinajstić information content (AvgIpc) is 2.47. The van der Waals surface area contributed by atoms with Gasteiger partial charge in [0, 0.05) is 5.56 Å². The van der Waals surface area contributed by atoms with E-state index in [4.69, 9.17) is 0 Å². The third-order valence-corrected chi connectivity index (χ3v) is 2.77. The zero-order chi connectivity index (χ0) is 13.0. The quantitative estimate of drug-likeness (QED) is 0.806. The van der Waals surface area contributed by atoms with E-state index in [1.54, 1.807) is 54.6 Å². The molecule has 2 aromatic carbocycles. The normalized spacial score (nSPS) is 13.9. The van der Waals surface area contributed by atoms with Crippen LogP contribution in [0.3, 0.4) is 0 Å². The maximum absolute atomic E-state index is 11.9. The molecule has 0 bridgehead atoms. The van der Waals surface area contributed by atoms with Gasteiger partial charge in [0.2, 0.25) is 0 Å². The molecule has 0 aliphatic carbocycles. The minimum absolute atomic E-state index is 0.389. The number of aliphatic hydroxyl groups is 2. The molecule has 0 amide bonds. The second-order valence-corrected chi connectivity index (χ2v) is 4.03. The standard InChI is InChI=1S/C15H14O3/c16-13(11-7-3-1-4-8-11)15(18)14(17)12-9-5-2-6-10-12/h1-10,13,15-16,18H/t13-,15+/m0/s1. The van der Waals surface area contributed by atoms with E-state index in [0.717, 1.165) is 0 Å². The molecule has 2 atom stereocenters. The SMILES string of the molecule is O=C(c1ccccc1)[C@H](O)[C@@H](O)c1ccccc1. The Bertz CT molecular complexity index is 508. The smallest absolute Gasteiger partial charge is 0.194 e. The molecule has 2 rings (SSSR count). The molecule has 3 heteroatoms. The summed E-state index contributed by atoms with van der Waals surface area (Å²) in [6.45, 7) is 0. The molecule has 0 saturated carbocycles. The Balaban J connectivity index is 2.17. The highest BCUT2D eigenvalue weighted by Gasteiger charge is 2.26. The van der Waals surface area contributed by atoms with Crippen LogP contribution in [0.1, 0.15) is 22.0 Å². The van der Waals surface area contributed by atoms with E-state index in [0.29, 0.717) is 11.1 Å². The zero-order valence-electron chi connectivity index (χ0n) is 9.73. The van der Waals surface area contributed by atoms with Gasteiger partial charge in [0.1, 0.15) is 12.2 Å². The highest BCUT2D eigenvalue weighted by molar-refractivity contribution is 5.99. The van der Waals surface area contributed by atoms with E-state index in [9.17, 15) is 15.0 Å².